The van der Waals surface area contributed by atoms with Crippen molar-refractivity contribution in [1.82, 2.24) is 14.7 Å². The van der Waals surface area contributed by atoms with E-state index < -0.39 is 11.7 Å². The molecule has 5 aromatic rings. The second-order valence-corrected chi connectivity index (χ2v) is 7.80. The van der Waals surface area contributed by atoms with Gasteiger partial charge in [0.15, 0.2) is 11.5 Å². The first-order chi connectivity index (χ1) is 17.3. The van der Waals surface area contributed by atoms with E-state index in [1.807, 2.05) is 0 Å². The standard InChI is InChI=1S/C26H18F3N3O4/c1-34-21-12-11-17(13-22(21)35-2)32-14-20(18-5-3-4-6-19(18)25(32)33)24-30-23(31-36-24)15-7-9-16(10-8-15)26(27,28)29/h3-14H,1-2H3. The van der Waals surface area contributed by atoms with Crippen LogP contribution in [0.15, 0.2) is 82.2 Å². The van der Waals surface area contributed by atoms with E-state index >= 15 is 0 Å². The topological polar surface area (TPSA) is 79.4 Å². The molecule has 2 aromatic heterocycles. The zero-order valence-electron chi connectivity index (χ0n) is 19.0. The minimum atomic E-state index is -4.45. The number of hydrogen-bond acceptors (Lipinski definition) is 6. The lowest BCUT2D eigenvalue weighted by Gasteiger charge is -2.13. The van der Waals surface area contributed by atoms with E-state index in [9.17, 15) is 18.0 Å². The molecule has 5 rings (SSSR count). The molecule has 0 spiro atoms. The van der Waals surface area contributed by atoms with Gasteiger partial charge < -0.3 is 14.0 Å². The summed E-state index contributed by atoms with van der Waals surface area (Å²) in [5, 5.41) is 4.95. The van der Waals surface area contributed by atoms with Crippen molar-refractivity contribution in [2.24, 2.45) is 0 Å². The minimum Gasteiger partial charge on any atom is -0.493 e. The Bertz CT molecular complexity index is 1620. The summed E-state index contributed by atoms with van der Waals surface area (Å²) < 4.78 is 56.3. The molecule has 182 valence electrons. The van der Waals surface area contributed by atoms with Crippen LogP contribution in [0.5, 0.6) is 11.5 Å². The van der Waals surface area contributed by atoms with Crippen molar-refractivity contribution < 1.29 is 27.2 Å². The first-order valence-corrected chi connectivity index (χ1v) is 10.7. The fourth-order valence-electron chi connectivity index (χ4n) is 3.89. The second-order valence-electron chi connectivity index (χ2n) is 7.80. The summed E-state index contributed by atoms with van der Waals surface area (Å²) in [6, 6.07) is 16.5. The van der Waals surface area contributed by atoms with Crippen LogP contribution >= 0.6 is 0 Å². The smallest absolute Gasteiger partial charge is 0.416 e. The van der Waals surface area contributed by atoms with E-state index in [1.54, 1.807) is 48.7 Å². The molecule has 3 aromatic carbocycles. The Morgan fingerprint density at radius 3 is 2.25 bits per heavy atom. The number of halogens is 3. The number of pyridine rings is 1. The van der Waals surface area contributed by atoms with Gasteiger partial charge in [0.2, 0.25) is 5.82 Å². The lowest BCUT2D eigenvalue weighted by Crippen LogP contribution is -2.18. The molecule has 0 saturated carbocycles. The number of methoxy groups -OCH3 is 2. The van der Waals surface area contributed by atoms with Crippen molar-refractivity contribution in [2.75, 3.05) is 14.2 Å². The van der Waals surface area contributed by atoms with Gasteiger partial charge in [0.1, 0.15) is 0 Å². The van der Waals surface area contributed by atoms with Gasteiger partial charge in [-0.2, -0.15) is 18.2 Å². The fourth-order valence-corrected chi connectivity index (χ4v) is 3.89. The van der Waals surface area contributed by atoms with Crippen LogP contribution in [0.4, 0.5) is 13.2 Å². The Hall–Kier alpha value is -4.60. The van der Waals surface area contributed by atoms with E-state index in [2.05, 4.69) is 10.1 Å². The van der Waals surface area contributed by atoms with E-state index in [0.717, 1.165) is 12.1 Å². The van der Waals surface area contributed by atoms with Crippen LogP contribution in [-0.2, 0) is 6.18 Å². The van der Waals surface area contributed by atoms with Gasteiger partial charge in [0, 0.05) is 28.6 Å². The highest BCUT2D eigenvalue weighted by Crippen LogP contribution is 2.33. The molecule has 0 aliphatic carbocycles. The molecule has 0 saturated heterocycles. The van der Waals surface area contributed by atoms with Gasteiger partial charge in [-0.25, -0.2) is 0 Å². The summed E-state index contributed by atoms with van der Waals surface area (Å²) in [6.45, 7) is 0. The molecule has 0 radical (unpaired) electrons. The van der Waals surface area contributed by atoms with Gasteiger partial charge in [0.25, 0.3) is 11.4 Å². The highest BCUT2D eigenvalue weighted by molar-refractivity contribution is 5.94. The summed E-state index contributed by atoms with van der Waals surface area (Å²) in [6.07, 6.45) is -2.87. The quantitative estimate of drug-likeness (QED) is 0.311. The molecule has 0 bridgehead atoms. The van der Waals surface area contributed by atoms with Crippen molar-refractivity contribution in [3.63, 3.8) is 0 Å². The second kappa shape index (κ2) is 8.88. The van der Waals surface area contributed by atoms with Crippen molar-refractivity contribution in [3.05, 3.63) is 88.8 Å². The number of fused-ring (bicyclic) bond motifs is 1. The van der Waals surface area contributed by atoms with E-state index in [1.165, 1.54) is 30.9 Å². The van der Waals surface area contributed by atoms with Crippen molar-refractivity contribution in [1.29, 1.82) is 0 Å². The van der Waals surface area contributed by atoms with Crippen LogP contribution in [-0.4, -0.2) is 28.9 Å². The third kappa shape index (κ3) is 4.06. The first-order valence-electron chi connectivity index (χ1n) is 10.7. The Kier molecular flexibility index (Phi) is 5.71. The summed E-state index contributed by atoms with van der Waals surface area (Å²) in [5.74, 6) is 1.18. The maximum Gasteiger partial charge on any atom is 0.416 e. The van der Waals surface area contributed by atoms with E-state index in [4.69, 9.17) is 14.0 Å². The average Bonchev–Trinajstić information content (AvgIpc) is 3.38. The van der Waals surface area contributed by atoms with E-state index in [0.29, 0.717) is 39.1 Å². The molecule has 0 N–H and O–H groups in total. The molecule has 0 atom stereocenters. The van der Waals surface area contributed by atoms with Crippen LogP contribution in [0.25, 0.3) is 39.3 Å². The lowest BCUT2D eigenvalue weighted by atomic mass is 10.1. The fraction of sp³-hybridized carbons (Fsp3) is 0.115. The third-order valence-electron chi connectivity index (χ3n) is 5.70. The van der Waals surface area contributed by atoms with Crippen molar-refractivity contribution >= 4 is 10.8 Å². The van der Waals surface area contributed by atoms with Crippen LogP contribution < -0.4 is 15.0 Å². The maximum atomic E-state index is 13.3. The molecule has 0 unspecified atom stereocenters. The van der Waals surface area contributed by atoms with Crippen molar-refractivity contribution in [2.45, 2.75) is 6.18 Å². The molecule has 0 amide bonds. The van der Waals surface area contributed by atoms with Gasteiger partial charge >= 0.3 is 6.18 Å². The molecule has 7 nitrogen and oxygen atoms in total. The molecular weight excluding hydrogens is 475 g/mol. The SMILES string of the molecule is COc1ccc(-n2cc(-c3nc(-c4ccc(C(F)(F)F)cc4)no3)c3ccccc3c2=O)cc1OC. The normalized spacial score (nSPS) is 11.6. The summed E-state index contributed by atoms with van der Waals surface area (Å²) in [4.78, 5) is 17.7. The molecule has 10 heteroatoms. The molecular formula is C26H18F3N3O4. The van der Waals surface area contributed by atoms with Gasteiger partial charge in [-0.15, -0.1) is 0 Å². The number of alkyl halides is 3. The number of aromatic nitrogens is 3. The van der Waals surface area contributed by atoms with Gasteiger partial charge in [-0.3, -0.25) is 9.36 Å². The Labute approximate surface area is 202 Å². The summed E-state index contributed by atoms with van der Waals surface area (Å²) in [5.41, 5.74) is 0.306. The monoisotopic (exact) mass is 493 g/mol. The highest BCUT2D eigenvalue weighted by atomic mass is 19.4. The summed E-state index contributed by atoms with van der Waals surface area (Å²) in [7, 11) is 3.01. The van der Waals surface area contributed by atoms with Crippen LogP contribution in [0.3, 0.4) is 0 Å². The maximum absolute atomic E-state index is 13.3. The van der Waals surface area contributed by atoms with Gasteiger partial charge in [-0.1, -0.05) is 35.5 Å². The van der Waals surface area contributed by atoms with Gasteiger partial charge in [-0.05, 0) is 30.3 Å². The van der Waals surface area contributed by atoms with Crippen LogP contribution in [0.1, 0.15) is 5.56 Å². The molecule has 0 aliphatic heterocycles. The predicted octanol–water partition coefficient (Wildman–Crippen LogP) is 5.74. The number of ether oxygens (including phenoxy) is 2. The Morgan fingerprint density at radius 1 is 0.889 bits per heavy atom. The molecule has 0 fully saturated rings. The average molecular weight is 493 g/mol. The zero-order valence-corrected chi connectivity index (χ0v) is 19.0. The van der Waals surface area contributed by atoms with Crippen LogP contribution in [0.2, 0.25) is 0 Å². The Morgan fingerprint density at radius 2 is 1.58 bits per heavy atom. The lowest BCUT2D eigenvalue weighted by molar-refractivity contribution is -0.137. The number of nitrogens with zero attached hydrogens (tertiary/aromatic N) is 3. The highest BCUT2D eigenvalue weighted by Gasteiger charge is 2.30. The summed E-state index contributed by atoms with van der Waals surface area (Å²) >= 11 is 0. The third-order valence-corrected chi connectivity index (χ3v) is 5.70. The molecule has 0 aliphatic rings. The van der Waals surface area contributed by atoms with Gasteiger partial charge in [0.05, 0.1) is 31.0 Å². The predicted molar refractivity (Wildman–Crippen MR) is 126 cm³/mol. The largest absolute Gasteiger partial charge is 0.493 e. The van der Waals surface area contributed by atoms with Crippen LogP contribution in [0, 0.1) is 0 Å². The number of rotatable bonds is 5. The number of hydrogen-bond donors (Lipinski definition) is 0. The number of benzene rings is 3. The minimum absolute atomic E-state index is 0.107. The first kappa shape index (κ1) is 23.2. The van der Waals surface area contributed by atoms with E-state index in [-0.39, 0.29) is 17.3 Å². The molecule has 2 heterocycles. The molecule has 36 heavy (non-hydrogen) atoms. The van der Waals surface area contributed by atoms with Crippen molar-refractivity contribution in [3.8, 4) is 40.0 Å². The Balaban J connectivity index is 1.64. The zero-order chi connectivity index (χ0) is 25.4.